The number of fused-ring (bicyclic) bond motifs is 1. The molecule has 1 aromatic carbocycles. The lowest BCUT2D eigenvalue weighted by molar-refractivity contribution is -0.145. The van der Waals surface area contributed by atoms with Crippen molar-refractivity contribution in [1.29, 1.82) is 0 Å². The molecule has 1 aliphatic rings. The number of aliphatic hydroxyl groups is 1. The predicted octanol–water partition coefficient (Wildman–Crippen LogP) is 1.11. The van der Waals surface area contributed by atoms with Gasteiger partial charge in [-0.15, -0.1) is 0 Å². The molecule has 6 heteroatoms. The SMILES string of the molecule is CCOC(=O)CC(O)CN1C(=O)C(C)Oc2ccccc21. The second-order valence-corrected chi connectivity index (χ2v) is 4.84. The van der Waals surface area contributed by atoms with Crippen LogP contribution in [0.5, 0.6) is 5.75 Å². The maximum Gasteiger partial charge on any atom is 0.308 e. The van der Waals surface area contributed by atoms with Crippen LogP contribution in [0.1, 0.15) is 20.3 Å². The molecule has 0 saturated heterocycles. The molecule has 0 aliphatic carbocycles. The van der Waals surface area contributed by atoms with Gasteiger partial charge in [0.15, 0.2) is 6.10 Å². The Morgan fingerprint density at radius 2 is 2.19 bits per heavy atom. The van der Waals surface area contributed by atoms with Crippen LogP contribution in [0.4, 0.5) is 5.69 Å². The van der Waals surface area contributed by atoms with Crippen LogP contribution in [0.2, 0.25) is 0 Å². The summed E-state index contributed by atoms with van der Waals surface area (Å²) < 4.78 is 10.3. The maximum atomic E-state index is 12.2. The summed E-state index contributed by atoms with van der Waals surface area (Å²) in [5, 5.41) is 9.99. The Bertz CT molecular complexity index is 531. The Labute approximate surface area is 123 Å². The molecule has 2 rings (SSSR count). The Morgan fingerprint density at radius 3 is 2.90 bits per heavy atom. The second-order valence-electron chi connectivity index (χ2n) is 4.84. The molecule has 0 spiro atoms. The number of ether oxygens (including phenoxy) is 2. The monoisotopic (exact) mass is 293 g/mol. The molecule has 2 atom stereocenters. The topological polar surface area (TPSA) is 76.1 Å². The number of amides is 1. The molecule has 21 heavy (non-hydrogen) atoms. The van der Waals surface area contributed by atoms with Crippen LogP contribution in [0.25, 0.3) is 0 Å². The molecule has 1 amide bonds. The molecule has 0 radical (unpaired) electrons. The van der Waals surface area contributed by atoms with Gasteiger partial charge in [0.25, 0.3) is 5.91 Å². The summed E-state index contributed by atoms with van der Waals surface area (Å²) >= 11 is 0. The summed E-state index contributed by atoms with van der Waals surface area (Å²) in [7, 11) is 0. The third kappa shape index (κ3) is 3.52. The number of nitrogens with zero attached hydrogens (tertiary/aromatic N) is 1. The minimum absolute atomic E-state index is 0.0301. The first kappa shape index (κ1) is 15.3. The highest BCUT2D eigenvalue weighted by atomic mass is 16.5. The van der Waals surface area contributed by atoms with Gasteiger partial charge in [-0.05, 0) is 26.0 Å². The van der Waals surface area contributed by atoms with Crippen molar-refractivity contribution in [1.82, 2.24) is 0 Å². The Kier molecular flexibility index (Phi) is 4.80. The molecule has 1 heterocycles. The number of hydrogen-bond acceptors (Lipinski definition) is 5. The zero-order chi connectivity index (χ0) is 15.4. The summed E-state index contributed by atoms with van der Waals surface area (Å²) in [5.74, 6) is -0.128. The molecule has 114 valence electrons. The van der Waals surface area contributed by atoms with Crippen molar-refractivity contribution in [2.75, 3.05) is 18.1 Å². The fourth-order valence-electron chi connectivity index (χ4n) is 2.23. The summed E-state index contributed by atoms with van der Waals surface area (Å²) in [6, 6.07) is 7.12. The first-order chi connectivity index (χ1) is 10.0. The van der Waals surface area contributed by atoms with Crippen LogP contribution in [-0.2, 0) is 14.3 Å². The van der Waals surface area contributed by atoms with E-state index in [1.165, 1.54) is 4.90 Å². The quantitative estimate of drug-likeness (QED) is 0.823. The molecule has 0 bridgehead atoms. The molecule has 1 aliphatic heterocycles. The first-order valence-corrected chi connectivity index (χ1v) is 6.93. The number of anilines is 1. The number of esters is 1. The fraction of sp³-hybridized carbons (Fsp3) is 0.467. The lowest BCUT2D eigenvalue weighted by Crippen LogP contribution is -2.47. The third-order valence-corrected chi connectivity index (χ3v) is 3.17. The van der Waals surface area contributed by atoms with Crippen molar-refractivity contribution in [3.8, 4) is 5.75 Å². The predicted molar refractivity (Wildman–Crippen MR) is 76.1 cm³/mol. The highest BCUT2D eigenvalue weighted by Gasteiger charge is 2.32. The van der Waals surface area contributed by atoms with E-state index in [0.717, 1.165) is 0 Å². The summed E-state index contributed by atoms with van der Waals surface area (Å²) in [6.45, 7) is 3.65. The second kappa shape index (κ2) is 6.58. The minimum Gasteiger partial charge on any atom is -0.479 e. The smallest absolute Gasteiger partial charge is 0.308 e. The highest BCUT2D eigenvalue weighted by Crippen LogP contribution is 2.33. The maximum absolute atomic E-state index is 12.2. The zero-order valence-electron chi connectivity index (χ0n) is 12.1. The first-order valence-electron chi connectivity index (χ1n) is 6.93. The zero-order valence-corrected chi connectivity index (χ0v) is 12.1. The van der Waals surface area contributed by atoms with Gasteiger partial charge < -0.3 is 19.5 Å². The van der Waals surface area contributed by atoms with Crippen molar-refractivity contribution in [2.24, 2.45) is 0 Å². The fourth-order valence-corrected chi connectivity index (χ4v) is 2.23. The number of carbonyl (C=O) groups excluding carboxylic acids is 2. The largest absolute Gasteiger partial charge is 0.479 e. The highest BCUT2D eigenvalue weighted by molar-refractivity contribution is 5.99. The van der Waals surface area contributed by atoms with Crippen molar-refractivity contribution in [3.05, 3.63) is 24.3 Å². The van der Waals surface area contributed by atoms with E-state index in [9.17, 15) is 14.7 Å². The number of benzene rings is 1. The van der Waals surface area contributed by atoms with Crippen molar-refractivity contribution >= 4 is 17.6 Å². The van der Waals surface area contributed by atoms with Crippen LogP contribution in [-0.4, -0.2) is 42.3 Å². The summed E-state index contributed by atoms with van der Waals surface area (Å²) in [4.78, 5) is 25.0. The molecule has 1 aromatic rings. The average molecular weight is 293 g/mol. The van der Waals surface area contributed by atoms with Gasteiger partial charge in [0, 0.05) is 0 Å². The van der Waals surface area contributed by atoms with Crippen LogP contribution in [0.15, 0.2) is 24.3 Å². The van der Waals surface area contributed by atoms with E-state index >= 15 is 0 Å². The van der Waals surface area contributed by atoms with E-state index in [-0.39, 0.29) is 25.5 Å². The Hall–Kier alpha value is -2.08. The molecule has 1 N–H and O–H groups in total. The number of aliphatic hydroxyl groups excluding tert-OH is 1. The molecular formula is C15H19NO5. The molecule has 0 aromatic heterocycles. The normalized spacial score (nSPS) is 18.7. The van der Waals surface area contributed by atoms with E-state index in [0.29, 0.717) is 11.4 Å². The summed E-state index contributed by atoms with van der Waals surface area (Å²) in [5.41, 5.74) is 0.600. The molecule has 0 fully saturated rings. The number of para-hydroxylation sites is 2. The van der Waals surface area contributed by atoms with Gasteiger partial charge in [-0.25, -0.2) is 0 Å². The van der Waals surface area contributed by atoms with Crippen molar-refractivity contribution in [3.63, 3.8) is 0 Å². The van der Waals surface area contributed by atoms with Crippen LogP contribution < -0.4 is 9.64 Å². The Morgan fingerprint density at radius 1 is 1.48 bits per heavy atom. The summed E-state index contributed by atoms with van der Waals surface area (Å²) in [6.07, 6.45) is -1.74. The van der Waals surface area contributed by atoms with E-state index in [1.807, 2.05) is 6.07 Å². The minimum atomic E-state index is -0.980. The molecule has 0 saturated carbocycles. The lowest BCUT2D eigenvalue weighted by atomic mass is 10.1. The van der Waals surface area contributed by atoms with Crippen molar-refractivity contribution < 1.29 is 24.2 Å². The Balaban J connectivity index is 2.11. The van der Waals surface area contributed by atoms with Gasteiger partial charge >= 0.3 is 5.97 Å². The van der Waals surface area contributed by atoms with E-state index in [2.05, 4.69) is 0 Å². The number of hydrogen-bond donors (Lipinski definition) is 1. The third-order valence-electron chi connectivity index (χ3n) is 3.17. The van der Waals surface area contributed by atoms with Gasteiger partial charge in [-0.1, -0.05) is 12.1 Å². The number of β-amino-alcohol motifs (C(OH)–C–C–N with tert-alkyl or cyclic N) is 1. The van der Waals surface area contributed by atoms with Gasteiger partial charge in [0.05, 0.1) is 31.4 Å². The van der Waals surface area contributed by atoms with Crippen LogP contribution >= 0.6 is 0 Å². The van der Waals surface area contributed by atoms with Gasteiger partial charge in [0.1, 0.15) is 5.75 Å². The molecule has 2 unspecified atom stereocenters. The number of carbonyl (C=O) groups is 2. The average Bonchev–Trinajstić information content (AvgIpc) is 2.44. The van der Waals surface area contributed by atoms with E-state index < -0.39 is 18.2 Å². The van der Waals surface area contributed by atoms with Crippen LogP contribution in [0, 0.1) is 0 Å². The number of rotatable bonds is 5. The molecular weight excluding hydrogens is 274 g/mol. The van der Waals surface area contributed by atoms with Gasteiger partial charge in [-0.2, -0.15) is 0 Å². The molecule has 6 nitrogen and oxygen atoms in total. The van der Waals surface area contributed by atoms with E-state index in [4.69, 9.17) is 9.47 Å². The van der Waals surface area contributed by atoms with Crippen molar-refractivity contribution in [2.45, 2.75) is 32.5 Å². The van der Waals surface area contributed by atoms with E-state index in [1.54, 1.807) is 32.0 Å². The van der Waals surface area contributed by atoms with Gasteiger partial charge in [0.2, 0.25) is 0 Å². The van der Waals surface area contributed by atoms with Gasteiger partial charge in [-0.3, -0.25) is 9.59 Å². The standard InChI is InChI=1S/C15H19NO5/c1-3-20-14(18)8-11(17)9-16-12-6-4-5-7-13(12)21-10(2)15(16)19/h4-7,10-11,17H,3,8-9H2,1-2H3. The lowest BCUT2D eigenvalue weighted by Gasteiger charge is -2.34. The van der Waals surface area contributed by atoms with Crippen LogP contribution in [0.3, 0.4) is 0 Å².